The number of likely N-dealkylation sites (tertiary alicyclic amines) is 1. The number of primary amides is 1. The Morgan fingerprint density at radius 3 is 2.29 bits per heavy atom. The summed E-state index contributed by atoms with van der Waals surface area (Å²) in [5, 5.41) is 14.4. The van der Waals surface area contributed by atoms with E-state index in [0.29, 0.717) is 22.4 Å². The Labute approximate surface area is 240 Å². The number of nitrogens with two attached hydrogens (primary N) is 1. The number of ketones is 1. The number of carbonyl (C=O) groups is 4. The number of non-ortho nitro benzene ring substituents is 1. The number of nitrogens with one attached hydrogen (secondary N) is 1. The molecule has 3 amide bonds. The van der Waals surface area contributed by atoms with Gasteiger partial charge in [0.15, 0.2) is 5.78 Å². The van der Waals surface area contributed by atoms with E-state index in [0.717, 1.165) is 9.75 Å². The Hall–Kier alpha value is -4.42. The van der Waals surface area contributed by atoms with Crippen LogP contribution in [0.4, 0.5) is 11.4 Å². The van der Waals surface area contributed by atoms with Gasteiger partial charge in [-0.3, -0.25) is 29.3 Å². The fourth-order valence-corrected chi connectivity index (χ4v) is 6.60. The SMILES string of the molecule is COCC(=O)N1C(C(N)=O)C(c2ccc(NC(C)=O)cc2)C(C(=O)c2cc(C)sc2C)C1c1cccc([N+](=O)[O-])c1. The van der Waals surface area contributed by atoms with Crippen LogP contribution in [-0.2, 0) is 19.1 Å². The standard InChI is InChI=1S/C29H30N4O7S/c1-15-12-22(16(2)41-15)28(36)25-24(18-8-10-20(11-9-18)31-17(3)34)27(29(30)37)32(23(35)14-40-4)26(25)19-6-5-7-21(13-19)33(38)39/h5-13,24-27H,14H2,1-4H3,(H2,30,37)(H,31,34). The van der Waals surface area contributed by atoms with Crippen LogP contribution in [0, 0.1) is 29.9 Å². The number of nitrogens with zero attached hydrogens (tertiary/aromatic N) is 2. The van der Waals surface area contributed by atoms with E-state index < -0.39 is 47.3 Å². The first kappa shape index (κ1) is 29.6. The average molecular weight is 579 g/mol. The zero-order valence-corrected chi connectivity index (χ0v) is 23.8. The number of nitro benzene ring substituents is 1. The van der Waals surface area contributed by atoms with Gasteiger partial charge in [0.2, 0.25) is 17.7 Å². The highest BCUT2D eigenvalue weighted by Crippen LogP contribution is 2.52. The highest BCUT2D eigenvalue weighted by atomic mass is 32.1. The van der Waals surface area contributed by atoms with E-state index in [1.807, 2.05) is 13.8 Å². The Morgan fingerprint density at radius 2 is 1.76 bits per heavy atom. The van der Waals surface area contributed by atoms with Crippen LogP contribution >= 0.6 is 11.3 Å². The largest absolute Gasteiger partial charge is 0.375 e. The number of hydrogen-bond acceptors (Lipinski definition) is 8. The molecule has 4 unspecified atom stereocenters. The summed E-state index contributed by atoms with van der Waals surface area (Å²) in [5.74, 6) is -3.97. The molecule has 0 spiro atoms. The molecule has 12 heteroatoms. The molecule has 2 heterocycles. The number of rotatable bonds is 9. The summed E-state index contributed by atoms with van der Waals surface area (Å²) in [6, 6.07) is 11.7. The van der Waals surface area contributed by atoms with Crippen molar-refractivity contribution < 1.29 is 28.8 Å². The van der Waals surface area contributed by atoms with Gasteiger partial charge in [-0.25, -0.2) is 0 Å². The molecule has 41 heavy (non-hydrogen) atoms. The Morgan fingerprint density at radius 1 is 1.07 bits per heavy atom. The molecule has 3 aromatic rings. The maximum atomic E-state index is 14.5. The molecular weight excluding hydrogens is 548 g/mol. The summed E-state index contributed by atoms with van der Waals surface area (Å²) in [4.78, 5) is 66.8. The van der Waals surface area contributed by atoms with Crippen LogP contribution in [0.1, 0.15) is 50.1 Å². The van der Waals surface area contributed by atoms with Crippen LogP contribution in [-0.4, -0.2) is 53.1 Å². The zero-order chi connectivity index (χ0) is 30.0. The van der Waals surface area contributed by atoms with Crippen molar-refractivity contribution in [2.24, 2.45) is 11.7 Å². The summed E-state index contributed by atoms with van der Waals surface area (Å²) in [6.07, 6.45) is 0. The van der Waals surface area contributed by atoms with E-state index in [4.69, 9.17) is 10.5 Å². The number of aryl methyl sites for hydroxylation is 2. The number of amides is 3. The Balaban J connectivity index is 2.00. The molecule has 3 N–H and O–H groups in total. The minimum atomic E-state index is -1.28. The highest BCUT2D eigenvalue weighted by molar-refractivity contribution is 7.12. The Kier molecular flexibility index (Phi) is 8.64. The van der Waals surface area contributed by atoms with Gasteiger partial charge in [-0.05, 0) is 43.2 Å². The van der Waals surface area contributed by atoms with Gasteiger partial charge >= 0.3 is 0 Å². The molecule has 0 aliphatic carbocycles. The van der Waals surface area contributed by atoms with Gasteiger partial charge in [-0.1, -0.05) is 24.3 Å². The summed E-state index contributed by atoms with van der Waals surface area (Å²) >= 11 is 1.44. The molecule has 1 fully saturated rings. The molecule has 0 saturated carbocycles. The summed E-state index contributed by atoms with van der Waals surface area (Å²) in [5.41, 5.74) is 7.52. The molecule has 1 aliphatic rings. The molecule has 1 aliphatic heterocycles. The number of hydrogen-bond donors (Lipinski definition) is 2. The molecule has 2 aromatic carbocycles. The van der Waals surface area contributed by atoms with Crippen LogP contribution in [0.15, 0.2) is 54.6 Å². The first-order valence-electron chi connectivity index (χ1n) is 12.8. The summed E-state index contributed by atoms with van der Waals surface area (Å²) in [6.45, 7) is 4.66. The van der Waals surface area contributed by atoms with Crippen molar-refractivity contribution in [3.63, 3.8) is 0 Å². The van der Waals surface area contributed by atoms with E-state index in [1.54, 1.807) is 36.4 Å². The smallest absolute Gasteiger partial charge is 0.269 e. The van der Waals surface area contributed by atoms with Gasteiger partial charge in [0.1, 0.15) is 12.6 Å². The topological polar surface area (TPSA) is 162 Å². The van der Waals surface area contributed by atoms with Crippen molar-refractivity contribution in [3.8, 4) is 0 Å². The van der Waals surface area contributed by atoms with Crippen molar-refractivity contribution in [2.45, 2.75) is 38.8 Å². The lowest BCUT2D eigenvalue weighted by atomic mass is 9.76. The number of anilines is 1. The molecule has 4 atom stereocenters. The van der Waals surface area contributed by atoms with Crippen LogP contribution < -0.4 is 11.1 Å². The molecule has 1 aromatic heterocycles. The van der Waals surface area contributed by atoms with Gasteiger partial charge in [0.05, 0.1) is 16.9 Å². The first-order valence-corrected chi connectivity index (χ1v) is 13.6. The fraction of sp³-hybridized carbons (Fsp3) is 0.310. The number of nitro groups is 1. The number of methoxy groups -OCH3 is 1. The molecule has 0 radical (unpaired) electrons. The van der Waals surface area contributed by atoms with Gasteiger partial charge < -0.3 is 20.7 Å². The number of ether oxygens (including phenoxy) is 1. The van der Waals surface area contributed by atoms with Crippen molar-refractivity contribution in [2.75, 3.05) is 19.0 Å². The van der Waals surface area contributed by atoms with Crippen LogP contribution in [0.25, 0.3) is 0 Å². The normalized spacial score (nSPS) is 20.0. The van der Waals surface area contributed by atoms with Crippen molar-refractivity contribution >= 4 is 46.2 Å². The van der Waals surface area contributed by atoms with E-state index >= 15 is 0 Å². The molecule has 4 rings (SSSR count). The van der Waals surface area contributed by atoms with Crippen LogP contribution in [0.2, 0.25) is 0 Å². The van der Waals surface area contributed by atoms with Crippen molar-refractivity contribution in [1.82, 2.24) is 4.90 Å². The molecule has 11 nitrogen and oxygen atoms in total. The average Bonchev–Trinajstić information content (AvgIpc) is 3.45. The lowest BCUT2D eigenvalue weighted by Crippen LogP contribution is -2.48. The molecule has 0 bridgehead atoms. The van der Waals surface area contributed by atoms with E-state index in [-0.39, 0.29) is 17.4 Å². The third-order valence-electron chi connectivity index (χ3n) is 7.16. The van der Waals surface area contributed by atoms with Crippen LogP contribution in [0.5, 0.6) is 0 Å². The number of carbonyl (C=O) groups excluding carboxylic acids is 4. The van der Waals surface area contributed by atoms with E-state index in [1.165, 1.54) is 48.5 Å². The highest BCUT2D eigenvalue weighted by Gasteiger charge is 2.57. The fourth-order valence-electron chi connectivity index (χ4n) is 5.67. The predicted octanol–water partition coefficient (Wildman–Crippen LogP) is 3.90. The third kappa shape index (κ3) is 5.88. The van der Waals surface area contributed by atoms with E-state index in [9.17, 15) is 29.3 Å². The monoisotopic (exact) mass is 578 g/mol. The van der Waals surface area contributed by atoms with Crippen molar-refractivity contribution in [1.29, 1.82) is 0 Å². The zero-order valence-electron chi connectivity index (χ0n) is 23.0. The maximum Gasteiger partial charge on any atom is 0.269 e. The summed E-state index contributed by atoms with van der Waals surface area (Å²) in [7, 11) is 1.33. The van der Waals surface area contributed by atoms with Crippen LogP contribution in [0.3, 0.4) is 0 Å². The lowest BCUT2D eigenvalue weighted by Gasteiger charge is -2.30. The minimum Gasteiger partial charge on any atom is -0.375 e. The second kappa shape index (κ2) is 12.0. The second-order valence-corrected chi connectivity index (χ2v) is 11.4. The molecular formula is C29H30N4O7S. The maximum absolute atomic E-state index is 14.5. The number of benzene rings is 2. The van der Waals surface area contributed by atoms with Gasteiger partial charge in [-0.15, -0.1) is 11.3 Å². The predicted molar refractivity (Wildman–Crippen MR) is 153 cm³/mol. The van der Waals surface area contributed by atoms with Gasteiger partial charge in [0, 0.05) is 53.1 Å². The van der Waals surface area contributed by atoms with Gasteiger partial charge in [0.25, 0.3) is 5.69 Å². The second-order valence-electron chi connectivity index (χ2n) is 9.92. The Bertz CT molecular complexity index is 1520. The quantitative estimate of drug-likeness (QED) is 0.221. The first-order chi connectivity index (χ1) is 19.4. The minimum absolute atomic E-state index is 0.228. The molecule has 1 saturated heterocycles. The molecule has 214 valence electrons. The third-order valence-corrected chi connectivity index (χ3v) is 8.13. The number of Topliss-reactive ketones (excluding diaryl/α,β-unsaturated/α-hetero) is 1. The number of thiophene rings is 1. The lowest BCUT2D eigenvalue weighted by molar-refractivity contribution is -0.385. The van der Waals surface area contributed by atoms with Gasteiger partial charge in [-0.2, -0.15) is 0 Å². The van der Waals surface area contributed by atoms with E-state index in [2.05, 4.69) is 5.32 Å². The van der Waals surface area contributed by atoms with Crippen molar-refractivity contribution in [3.05, 3.63) is 91.2 Å². The summed E-state index contributed by atoms with van der Waals surface area (Å²) < 4.78 is 5.11.